The highest BCUT2D eigenvalue weighted by molar-refractivity contribution is 6.32. The van der Waals surface area contributed by atoms with Gasteiger partial charge in [0.2, 0.25) is 5.88 Å². The third-order valence-corrected chi connectivity index (χ3v) is 6.62. The van der Waals surface area contributed by atoms with Gasteiger partial charge in [-0.25, -0.2) is 0 Å². The first-order chi connectivity index (χ1) is 16.5. The van der Waals surface area contributed by atoms with Gasteiger partial charge in [-0.2, -0.15) is 9.78 Å². The molecule has 6 nitrogen and oxygen atoms in total. The molecular formula is C26H30Cl2N4O2. The van der Waals surface area contributed by atoms with Gasteiger partial charge in [-0.3, -0.25) is 4.79 Å². The zero-order valence-electron chi connectivity index (χ0n) is 19.6. The summed E-state index contributed by atoms with van der Waals surface area (Å²) in [4.78, 5) is 15.6. The summed E-state index contributed by atoms with van der Waals surface area (Å²) in [5, 5.41) is 9.33. The van der Waals surface area contributed by atoms with Crippen molar-refractivity contribution in [1.29, 1.82) is 0 Å². The van der Waals surface area contributed by atoms with E-state index in [1.54, 1.807) is 35.0 Å². The van der Waals surface area contributed by atoms with Gasteiger partial charge in [-0.05, 0) is 68.1 Å². The topological polar surface area (TPSA) is 59.4 Å². The van der Waals surface area contributed by atoms with Gasteiger partial charge < -0.3 is 15.0 Å². The average Bonchev–Trinajstić information content (AvgIpc) is 3.19. The van der Waals surface area contributed by atoms with Crippen molar-refractivity contribution in [2.24, 2.45) is 5.92 Å². The Morgan fingerprint density at radius 2 is 1.82 bits per heavy atom. The first-order valence-corrected chi connectivity index (χ1v) is 12.5. The Morgan fingerprint density at radius 3 is 2.50 bits per heavy atom. The Morgan fingerprint density at radius 1 is 1.12 bits per heavy atom. The third-order valence-electron chi connectivity index (χ3n) is 6.05. The standard InChI is InChI=1S/C26H30Cl2N4O2/c1-3-14-29-17-21-24(25(33)31-15-12-18(2)13-16-31)30-32(23-7-5-4-6-22(23)28)26(21)34-20-10-8-19(27)9-11-20/h4-11,18,29H,3,12-17H2,1-2H3. The van der Waals surface area contributed by atoms with Gasteiger partial charge in [-0.1, -0.05) is 49.2 Å². The van der Waals surface area contributed by atoms with Gasteiger partial charge >= 0.3 is 0 Å². The van der Waals surface area contributed by atoms with Crippen LogP contribution in [0.5, 0.6) is 11.6 Å². The van der Waals surface area contributed by atoms with Crippen molar-refractivity contribution in [1.82, 2.24) is 20.0 Å². The molecule has 1 aromatic heterocycles. The number of likely N-dealkylation sites (tertiary alicyclic amines) is 1. The quantitative estimate of drug-likeness (QED) is 0.366. The number of para-hydroxylation sites is 1. The van der Waals surface area contributed by atoms with Crippen molar-refractivity contribution in [2.45, 2.75) is 39.7 Å². The Balaban J connectivity index is 1.81. The van der Waals surface area contributed by atoms with E-state index in [-0.39, 0.29) is 5.91 Å². The Bertz CT molecular complexity index is 1120. The fourth-order valence-corrected chi connectivity index (χ4v) is 4.37. The van der Waals surface area contributed by atoms with Crippen molar-refractivity contribution in [3.05, 3.63) is 69.8 Å². The molecule has 1 aliphatic heterocycles. The zero-order valence-corrected chi connectivity index (χ0v) is 21.1. The Kier molecular flexibility index (Phi) is 8.14. The number of carbonyl (C=O) groups is 1. The summed E-state index contributed by atoms with van der Waals surface area (Å²) in [7, 11) is 0. The van der Waals surface area contributed by atoms with Gasteiger partial charge in [0.25, 0.3) is 5.91 Å². The molecule has 0 radical (unpaired) electrons. The van der Waals surface area contributed by atoms with Gasteiger partial charge in [-0.15, -0.1) is 0 Å². The summed E-state index contributed by atoms with van der Waals surface area (Å²) in [6.07, 6.45) is 2.96. The summed E-state index contributed by atoms with van der Waals surface area (Å²) in [5.74, 6) is 1.61. The Labute approximate surface area is 210 Å². The van der Waals surface area contributed by atoms with Gasteiger partial charge in [0.05, 0.1) is 16.3 Å². The molecule has 0 saturated carbocycles. The van der Waals surface area contributed by atoms with Crippen LogP contribution in [0.2, 0.25) is 10.0 Å². The maximum absolute atomic E-state index is 13.7. The van der Waals surface area contributed by atoms with Crippen LogP contribution in [0.1, 0.15) is 49.2 Å². The number of ether oxygens (including phenoxy) is 1. The summed E-state index contributed by atoms with van der Waals surface area (Å²) in [6, 6.07) is 14.5. The molecule has 1 fully saturated rings. The van der Waals surface area contributed by atoms with Crippen LogP contribution >= 0.6 is 23.2 Å². The van der Waals surface area contributed by atoms with Crippen molar-refractivity contribution >= 4 is 29.1 Å². The molecule has 0 unspecified atom stereocenters. The number of rotatable bonds is 8. The number of hydrogen-bond donors (Lipinski definition) is 1. The normalized spacial score (nSPS) is 14.4. The van der Waals surface area contributed by atoms with Crippen LogP contribution < -0.4 is 10.1 Å². The predicted octanol–water partition coefficient (Wildman–Crippen LogP) is 6.34. The fraction of sp³-hybridized carbons (Fsp3) is 0.385. The number of aromatic nitrogens is 2. The zero-order chi connectivity index (χ0) is 24.1. The molecular weight excluding hydrogens is 471 g/mol. The minimum Gasteiger partial charge on any atom is -0.439 e. The highest BCUT2D eigenvalue weighted by Gasteiger charge is 2.30. The smallest absolute Gasteiger partial charge is 0.274 e. The highest BCUT2D eigenvalue weighted by Crippen LogP contribution is 2.34. The van der Waals surface area contributed by atoms with Crippen LogP contribution in [-0.4, -0.2) is 40.2 Å². The third kappa shape index (κ3) is 5.57. The molecule has 0 atom stereocenters. The molecule has 1 aliphatic rings. The number of carbonyl (C=O) groups excluding carboxylic acids is 1. The molecule has 2 heterocycles. The molecule has 4 rings (SSSR count). The number of benzene rings is 2. The number of amides is 1. The number of halogens is 2. The molecule has 1 N–H and O–H groups in total. The van der Waals surface area contributed by atoms with Crippen LogP contribution in [0, 0.1) is 5.92 Å². The summed E-state index contributed by atoms with van der Waals surface area (Å²) in [5.41, 5.74) is 1.75. The molecule has 180 valence electrons. The first-order valence-electron chi connectivity index (χ1n) is 11.8. The summed E-state index contributed by atoms with van der Waals surface area (Å²) in [6.45, 7) is 7.06. The van der Waals surface area contributed by atoms with E-state index in [1.165, 1.54) is 0 Å². The number of hydrogen-bond acceptors (Lipinski definition) is 4. The number of piperidine rings is 1. The van der Waals surface area contributed by atoms with Crippen LogP contribution in [0.4, 0.5) is 0 Å². The largest absolute Gasteiger partial charge is 0.439 e. The molecule has 34 heavy (non-hydrogen) atoms. The molecule has 1 amide bonds. The summed E-state index contributed by atoms with van der Waals surface area (Å²) < 4.78 is 7.98. The fourth-order valence-electron chi connectivity index (χ4n) is 4.02. The Hall–Kier alpha value is -2.54. The van der Waals surface area contributed by atoms with Crippen molar-refractivity contribution < 1.29 is 9.53 Å². The van der Waals surface area contributed by atoms with Crippen LogP contribution in [0.25, 0.3) is 5.69 Å². The molecule has 3 aromatic rings. The molecule has 2 aromatic carbocycles. The SMILES string of the molecule is CCCNCc1c(C(=O)N2CCC(C)CC2)nn(-c2ccccc2Cl)c1Oc1ccc(Cl)cc1. The minimum atomic E-state index is -0.0769. The van der Waals surface area contributed by atoms with E-state index in [1.807, 2.05) is 23.1 Å². The van der Waals surface area contributed by atoms with E-state index in [2.05, 4.69) is 19.2 Å². The van der Waals surface area contributed by atoms with Gasteiger partial charge in [0.1, 0.15) is 5.75 Å². The molecule has 8 heteroatoms. The van der Waals surface area contributed by atoms with Crippen molar-refractivity contribution in [3.63, 3.8) is 0 Å². The van der Waals surface area contributed by atoms with Gasteiger partial charge in [0, 0.05) is 24.7 Å². The lowest BCUT2D eigenvalue weighted by molar-refractivity contribution is 0.0689. The van der Waals surface area contributed by atoms with E-state index >= 15 is 0 Å². The van der Waals surface area contributed by atoms with E-state index < -0.39 is 0 Å². The van der Waals surface area contributed by atoms with E-state index in [9.17, 15) is 4.79 Å². The van der Waals surface area contributed by atoms with Crippen molar-refractivity contribution in [2.75, 3.05) is 19.6 Å². The lowest BCUT2D eigenvalue weighted by Gasteiger charge is -2.30. The van der Waals surface area contributed by atoms with Crippen molar-refractivity contribution in [3.8, 4) is 17.3 Å². The van der Waals surface area contributed by atoms with Crippen LogP contribution in [0.3, 0.4) is 0 Å². The second-order valence-electron chi connectivity index (χ2n) is 8.70. The van der Waals surface area contributed by atoms with Gasteiger partial charge in [0.15, 0.2) is 5.69 Å². The molecule has 0 bridgehead atoms. The minimum absolute atomic E-state index is 0.0769. The number of nitrogens with one attached hydrogen (secondary N) is 1. The van der Waals surface area contributed by atoms with E-state index in [0.29, 0.717) is 51.1 Å². The highest BCUT2D eigenvalue weighted by atomic mass is 35.5. The monoisotopic (exact) mass is 500 g/mol. The maximum Gasteiger partial charge on any atom is 0.274 e. The lowest BCUT2D eigenvalue weighted by atomic mass is 9.99. The first kappa shape index (κ1) is 24.6. The molecule has 0 aliphatic carbocycles. The maximum atomic E-state index is 13.7. The second kappa shape index (κ2) is 11.3. The summed E-state index contributed by atoms with van der Waals surface area (Å²) >= 11 is 12.6. The molecule has 0 spiro atoms. The lowest BCUT2D eigenvalue weighted by Crippen LogP contribution is -2.38. The number of nitrogens with zero attached hydrogens (tertiary/aromatic N) is 3. The van der Waals surface area contributed by atoms with E-state index in [4.69, 9.17) is 33.0 Å². The predicted molar refractivity (Wildman–Crippen MR) is 136 cm³/mol. The van der Waals surface area contributed by atoms with Crippen LogP contribution in [-0.2, 0) is 6.54 Å². The average molecular weight is 501 g/mol. The van der Waals surface area contributed by atoms with Crippen LogP contribution in [0.15, 0.2) is 48.5 Å². The van der Waals surface area contributed by atoms with E-state index in [0.717, 1.165) is 38.9 Å². The molecule has 1 saturated heterocycles. The second-order valence-corrected chi connectivity index (χ2v) is 9.55.